The molecule has 2 N–H and O–H groups in total. The van der Waals surface area contributed by atoms with Crippen LogP contribution in [0.25, 0.3) is 0 Å². The van der Waals surface area contributed by atoms with Gasteiger partial charge in [0.1, 0.15) is 24.0 Å². The minimum Gasteiger partial charge on any atom is -0.467 e. The summed E-state index contributed by atoms with van der Waals surface area (Å²) in [5.74, 6) is -0.837. The summed E-state index contributed by atoms with van der Waals surface area (Å²) < 4.78 is 37.2. The predicted octanol–water partition coefficient (Wildman–Crippen LogP) is 4.92. The Labute approximate surface area is 148 Å². The van der Waals surface area contributed by atoms with Crippen molar-refractivity contribution in [1.82, 2.24) is 0 Å². The van der Waals surface area contributed by atoms with Crippen LogP contribution in [0.3, 0.4) is 0 Å². The molecular formula is C19H16F2N2O3. The number of anilines is 2. The third kappa shape index (κ3) is 4.90. The maximum atomic E-state index is 13.6. The Bertz CT molecular complexity index is 882. The highest BCUT2D eigenvalue weighted by atomic mass is 19.1. The summed E-state index contributed by atoms with van der Waals surface area (Å²) in [6.07, 6.45) is 1.58. The van der Waals surface area contributed by atoms with Crippen LogP contribution in [0.5, 0.6) is 0 Å². The lowest BCUT2D eigenvalue weighted by Gasteiger charge is -2.10. The molecule has 5 nitrogen and oxygen atoms in total. The van der Waals surface area contributed by atoms with Crippen molar-refractivity contribution in [2.45, 2.75) is 13.2 Å². The second-order valence-electron chi connectivity index (χ2n) is 5.48. The quantitative estimate of drug-likeness (QED) is 0.657. The normalized spacial score (nSPS) is 10.5. The van der Waals surface area contributed by atoms with E-state index in [0.717, 1.165) is 23.5 Å². The molecule has 0 radical (unpaired) electrons. The minimum absolute atomic E-state index is 0.109. The lowest BCUT2D eigenvalue weighted by atomic mass is 10.2. The predicted molar refractivity (Wildman–Crippen MR) is 92.6 cm³/mol. The molecule has 1 aromatic heterocycles. The van der Waals surface area contributed by atoms with Crippen molar-refractivity contribution in [3.8, 4) is 0 Å². The molecule has 0 bridgehead atoms. The zero-order chi connectivity index (χ0) is 18.4. The molecule has 0 atom stereocenters. The van der Waals surface area contributed by atoms with Crippen LogP contribution in [0.1, 0.15) is 11.3 Å². The van der Waals surface area contributed by atoms with Crippen LogP contribution in [0.4, 0.5) is 25.0 Å². The Kier molecular flexibility index (Phi) is 5.60. The first kappa shape index (κ1) is 17.6. The second-order valence-corrected chi connectivity index (χ2v) is 5.48. The number of rotatable bonds is 6. The maximum Gasteiger partial charge on any atom is 0.323 e. The molecular weight excluding hydrogens is 342 g/mol. The summed E-state index contributed by atoms with van der Waals surface area (Å²) in [5.41, 5.74) is 1.26. The topological polar surface area (TPSA) is 63.5 Å². The van der Waals surface area contributed by atoms with E-state index >= 15 is 0 Å². The van der Waals surface area contributed by atoms with Crippen LogP contribution in [0.15, 0.2) is 65.3 Å². The molecule has 3 rings (SSSR count). The Morgan fingerprint density at radius 3 is 2.65 bits per heavy atom. The Morgan fingerprint density at radius 1 is 1.00 bits per heavy atom. The van der Waals surface area contributed by atoms with E-state index < -0.39 is 17.7 Å². The molecule has 0 fully saturated rings. The Morgan fingerprint density at radius 2 is 1.88 bits per heavy atom. The number of amides is 2. The van der Waals surface area contributed by atoms with Crippen molar-refractivity contribution < 1.29 is 22.7 Å². The number of hydrogen-bond acceptors (Lipinski definition) is 3. The van der Waals surface area contributed by atoms with Gasteiger partial charge >= 0.3 is 6.03 Å². The first-order chi connectivity index (χ1) is 12.6. The van der Waals surface area contributed by atoms with Crippen molar-refractivity contribution in [3.63, 3.8) is 0 Å². The number of carbonyl (C=O) groups is 1. The van der Waals surface area contributed by atoms with Crippen molar-refractivity contribution in [2.75, 3.05) is 10.6 Å². The second kappa shape index (κ2) is 8.26. The van der Waals surface area contributed by atoms with E-state index in [-0.39, 0.29) is 5.69 Å². The van der Waals surface area contributed by atoms with Crippen LogP contribution in [-0.4, -0.2) is 6.03 Å². The Hall–Kier alpha value is -3.19. The summed E-state index contributed by atoms with van der Waals surface area (Å²) >= 11 is 0. The number of benzene rings is 2. The number of carbonyl (C=O) groups excluding carboxylic acids is 1. The van der Waals surface area contributed by atoms with E-state index in [9.17, 15) is 13.6 Å². The van der Waals surface area contributed by atoms with Crippen LogP contribution >= 0.6 is 0 Å². The van der Waals surface area contributed by atoms with Gasteiger partial charge in [0, 0.05) is 11.8 Å². The summed E-state index contributed by atoms with van der Waals surface area (Å²) in [6.45, 7) is 0.680. The molecule has 0 spiro atoms. The fraction of sp³-hybridized carbons (Fsp3) is 0.105. The first-order valence-electron chi connectivity index (χ1n) is 7.82. The standard InChI is InChI=1S/C19H16F2N2O3/c20-14-6-7-18(17(21)10-14)23-19(24)22-15-4-1-3-13(9-15)11-25-12-16-5-2-8-26-16/h1-10H,11-12H2,(H2,22,23,24). The van der Waals surface area contributed by atoms with Gasteiger partial charge in [-0.25, -0.2) is 13.6 Å². The molecule has 3 aromatic rings. The highest BCUT2D eigenvalue weighted by molar-refractivity contribution is 5.99. The molecule has 0 saturated carbocycles. The van der Waals surface area contributed by atoms with Crippen molar-refractivity contribution in [2.24, 2.45) is 0 Å². The smallest absolute Gasteiger partial charge is 0.323 e. The molecule has 0 unspecified atom stereocenters. The highest BCUT2D eigenvalue weighted by Gasteiger charge is 2.08. The average Bonchev–Trinajstić information content (AvgIpc) is 3.11. The monoisotopic (exact) mass is 358 g/mol. The third-order valence-corrected chi connectivity index (χ3v) is 3.46. The van der Waals surface area contributed by atoms with Crippen LogP contribution in [0.2, 0.25) is 0 Å². The number of urea groups is 1. The molecule has 7 heteroatoms. The van der Waals surface area contributed by atoms with Gasteiger partial charge in [0.25, 0.3) is 0 Å². The van der Waals surface area contributed by atoms with E-state index in [1.807, 2.05) is 12.1 Å². The zero-order valence-corrected chi connectivity index (χ0v) is 13.7. The molecule has 134 valence electrons. The number of furan rings is 1. The number of ether oxygens (including phenoxy) is 1. The van der Waals surface area contributed by atoms with Gasteiger partial charge < -0.3 is 19.8 Å². The SMILES string of the molecule is O=C(Nc1cccc(COCc2ccco2)c1)Nc1ccc(F)cc1F. The number of hydrogen-bond donors (Lipinski definition) is 2. The van der Waals surface area contributed by atoms with E-state index in [4.69, 9.17) is 9.15 Å². The summed E-state index contributed by atoms with van der Waals surface area (Å²) in [5, 5.41) is 4.92. The van der Waals surface area contributed by atoms with Gasteiger partial charge in [-0.3, -0.25) is 0 Å². The van der Waals surface area contributed by atoms with Crippen molar-refractivity contribution in [3.05, 3.63) is 83.8 Å². The minimum atomic E-state index is -0.847. The van der Waals surface area contributed by atoms with E-state index in [2.05, 4.69) is 10.6 Å². The van der Waals surface area contributed by atoms with Gasteiger partial charge in [0.2, 0.25) is 0 Å². The molecule has 2 amide bonds. The van der Waals surface area contributed by atoms with Crippen LogP contribution in [-0.2, 0) is 18.0 Å². The van der Waals surface area contributed by atoms with Gasteiger partial charge in [-0.2, -0.15) is 0 Å². The molecule has 0 saturated heterocycles. The highest BCUT2D eigenvalue weighted by Crippen LogP contribution is 2.17. The van der Waals surface area contributed by atoms with Crippen LogP contribution in [0, 0.1) is 11.6 Å². The van der Waals surface area contributed by atoms with Gasteiger partial charge in [-0.1, -0.05) is 12.1 Å². The van der Waals surface area contributed by atoms with Gasteiger partial charge in [-0.05, 0) is 42.0 Å². The molecule has 0 aliphatic carbocycles. The largest absolute Gasteiger partial charge is 0.467 e. The van der Waals surface area contributed by atoms with Crippen molar-refractivity contribution >= 4 is 17.4 Å². The van der Waals surface area contributed by atoms with Gasteiger partial charge in [0.05, 0.1) is 18.6 Å². The summed E-state index contributed by atoms with van der Waals surface area (Å²) in [7, 11) is 0. The molecule has 26 heavy (non-hydrogen) atoms. The number of nitrogens with one attached hydrogen (secondary N) is 2. The maximum absolute atomic E-state index is 13.6. The Balaban J connectivity index is 1.54. The van der Waals surface area contributed by atoms with Crippen LogP contribution < -0.4 is 10.6 Å². The van der Waals surface area contributed by atoms with E-state index in [0.29, 0.717) is 25.0 Å². The fourth-order valence-electron chi connectivity index (χ4n) is 2.28. The van der Waals surface area contributed by atoms with E-state index in [1.54, 1.807) is 30.5 Å². The first-order valence-corrected chi connectivity index (χ1v) is 7.82. The molecule has 1 heterocycles. The van der Waals surface area contributed by atoms with Crippen molar-refractivity contribution in [1.29, 1.82) is 0 Å². The molecule has 2 aromatic carbocycles. The van der Waals surface area contributed by atoms with Gasteiger partial charge in [-0.15, -0.1) is 0 Å². The third-order valence-electron chi connectivity index (χ3n) is 3.46. The molecule has 0 aliphatic rings. The zero-order valence-electron chi connectivity index (χ0n) is 13.7. The van der Waals surface area contributed by atoms with E-state index in [1.165, 1.54) is 0 Å². The number of halogens is 2. The lowest BCUT2D eigenvalue weighted by molar-refractivity contribution is 0.0930. The lowest BCUT2D eigenvalue weighted by Crippen LogP contribution is -2.20. The summed E-state index contributed by atoms with van der Waals surface area (Å²) in [4.78, 5) is 12.0. The fourth-order valence-corrected chi connectivity index (χ4v) is 2.28. The summed E-state index contributed by atoms with van der Waals surface area (Å²) in [6, 6.07) is 12.9. The average molecular weight is 358 g/mol. The van der Waals surface area contributed by atoms with Gasteiger partial charge in [0.15, 0.2) is 0 Å². The molecule has 0 aliphatic heterocycles.